The van der Waals surface area contributed by atoms with Gasteiger partial charge in [-0.3, -0.25) is 0 Å². The average molecular weight is 1350 g/mol. The average Bonchev–Trinajstić information content (AvgIpc) is 1.45. The summed E-state index contributed by atoms with van der Waals surface area (Å²) in [6, 6.07) is 0. The van der Waals surface area contributed by atoms with Gasteiger partial charge < -0.3 is 0 Å². The van der Waals surface area contributed by atoms with Crippen LogP contribution >= 0.6 is 0 Å². The van der Waals surface area contributed by atoms with Crippen molar-refractivity contribution in [2.24, 2.45) is 121 Å². The zero-order valence-electron chi connectivity index (χ0n) is 74.4. The molecule has 95 heavy (non-hydrogen) atoms. The first-order valence-corrected chi connectivity index (χ1v) is 42.3. The van der Waals surface area contributed by atoms with Crippen molar-refractivity contribution in [2.45, 2.75) is 406 Å². The second kappa shape index (κ2) is 58.8. The van der Waals surface area contributed by atoms with E-state index in [2.05, 4.69) is 279 Å². The summed E-state index contributed by atoms with van der Waals surface area (Å²) >= 11 is 0. The van der Waals surface area contributed by atoms with Crippen LogP contribution < -0.4 is 0 Å². The first-order chi connectivity index (χ1) is 44.7. The number of rotatable bonds is 14. The van der Waals surface area contributed by atoms with Crippen LogP contribution in [0.4, 0.5) is 0 Å². The van der Waals surface area contributed by atoms with Gasteiger partial charge in [-0.05, 0) is 236 Å². The molecule has 0 bridgehead atoms. The van der Waals surface area contributed by atoms with E-state index in [1.165, 1.54) is 116 Å². The van der Waals surface area contributed by atoms with Crippen molar-refractivity contribution in [1.82, 2.24) is 0 Å². The highest BCUT2D eigenvalue weighted by atomic mass is 14.5. The number of hydrogen-bond acceptors (Lipinski definition) is 0. The molecule has 7 rings (SSSR count). The van der Waals surface area contributed by atoms with Gasteiger partial charge in [0.15, 0.2) is 0 Å². The van der Waals surface area contributed by atoms with E-state index in [1.807, 2.05) is 96.9 Å². The van der Waals surface area contributed by atoms with E-state index in [4.69, 9.17) is 0 Å². The molecule has 0 unspecified atom stereocenters. The van der Waals surface area contributed by atoms with Gasteiger partial charge in [-0.25, -0.2) is 0 Å². The third-order valence-electron chi connectivity index (χ3n) is 24.7. The first kappa shape index (κ1) is 107. The maximum atomic E-state index is 2.48. The molecule has 0 spiro atoms. The highest BCUT2D eigenvalue weighted by Crippen LogP contribution is 2.51. The molecule has 0 heterocycles. The van der Waals surface area contributed by atoms with Gasteiger partial charge in [0.2, 0.25) is 0 Å². The molecule has 0 aromatic rings. The van der Waals surface area contributed by atoms with Gasteiger partial charge in [0, 0.05) is 9.99 Å². The summed E-state index contributed by atoms with van der Waals surface area (Å²) in [6.45, 7) is 94.0. The van der Waals surface area contributed by atoms with Gasteiger partial charge in [0.05, 0.1) is 0 Å². The molecule has 0 fully saturated rings. The molecule has 0 radical (unpaired) electrons. The van der Waals surface area contributed by atoms with Crippen molar-refractivity contribution < 1.29 is 9.99 Å². The van der Waals surface area contributed by atoms with Crippen molar-refractivity contribution >= 4 is 0 Å². The van der Waals surface area contributed by atoms with Crippen molar-refractivity contribution in [1.29, 1.82) is 0 Å². The molecular weight excluding hydrogens is 1140 g/mol. The molecule has 0 atom stereocenters. The van der Waals surface area contributed by atoms with Crippen LogP contribution in [0.15, 0.2) is 85.1 Å². The Morgan fingerprint density at radius 2 is 0.347 bits per heavy atom. The molecular formula is C95H204. The van der Waals surface area contributed by atoms with Crippen LogP contribution in [0.3, 0.4) is 0 Å². The lowest BCUT2D eigenvalue weighted by atomic mass is 9.62. The molecule has 7 aliphatic carbocycles. The summed E-state index contributed by atoms with van der Waals surface area (Å²) in [5.41, 5.74) is 3.79. The van der Waals surface area contributed by atoms with E-state index >= 15 is 0 Å². The Labute approximate surface area is 619 Å². The molecule has 0 nitrogen and oxygen atoms in total. The van der Waals surface area contributed by atoms with Gasteiger partial charge in [-0.15, -0.1) is 0 Å². The van der Waals surface area contributed by atoms with Gasteiger partial charge in [0.25, 0.3) is 0 Å². The molecule has 0 saturated heterocycles. The maximum Gasteiger partial charge on any atom is 0 e. The Morgan fingerprint density at radius 1 is 0.179 bits per heavy atom. The van der Waals surface area contributed by atoms with Crippen LogP contribution in [0.5, 0.6) is 0 Å². The highest BCUT2D eigenvalue weighted by Gasteiger charge is 2.41. The fourth-order valence-corrected chi connectivity index (χ4v) is 17.3. The smallest absolute Gasteiger partial charge is 0 e. The summed E-state index contributed by atoms with van der Waals surface area (Å²) in [5.74, 6) is 11.2. The fourth-order valence-electron chi connectivity index (χ4n) is 17.3. The van der Waals surface area contributed by atoms with Crippen LogP contribution in [-0.2, 0) is 0 Å². The van der Waals surface area contributed by atoms with E-state index in [0.717, 1.165) is 82.9 Å². The summed E-state index contributed by atoms with van der Waals surface area (Å²) < 4.78 is 0. The van der Waals surface area contributed by atoms with E-state index < -0.39 is 0 Å². The van der Waals surface area contributed by atoms with E-state index in [0.29, 0.717) is 37.9 Å². The minimum atomic E-state index is 0. The standard InChI is InChI=1S/4C12H22.3C11H20.7C2H6.7H2/c4*1-10(2)12(11(3)4)8-6-5-7-9-12;3*1-9(2)11(10(3)4)7-5-6-8-11;7*1-2;;;;;;;/h2*6,8,10-11H,5,7,9H2,1-4H3;2*5-6,10-11H,7-9H2,1-4H3;2*5,7,9-10H,6,8H2,1-4H3;5-6,9-10H,7-8H2,1-4H3;7*1-2H3;7*1H/i;;;;;;;;;;;;;;7*1+1. The predicted molar refractivity (Wildman–Crippen MR) is 466 cm³/mol. The zero-order chi connectivity index (χ0) is 76.2. The van der Waals surface area contributed by atoms with Crippen LogP contribution in [0.2, 0.25) is 0 Å². The Bertz CT molecular complexity index is 1730. The predicted octanol–water partition coefficient (Wildman–Crippen LogP) is 35.9. The van der Waals surface area contributed by atoms with Gasteiger partial charge >= 0.3 is 0 Å². The monoisotopic (exact) mass is 1350 g/mol. The van der Waals surface area contributed by atoms with Crippen molar-refractivity contribution in [3.05, 3.63) is 85.1 Å². The molecule has 0 N–H and O–H groups in total. The normalized spacial score (nSPS) is 19.3. The van der Waals surface area contributed by atoms with Crippen LogP contribution in [-0.4, -0.2) is 0 Å². The summed E-state index contributed by atoms with van der Waals surface area (Å²) in [4.78, 5) is 0. The molecule has 0 amide bonds. The summed E-state index contributed by atoms with van der Waals surface area (Å²) in [7, 11) is 0. The molecule has 0 aromatic carbocycles. The molecule has 584 valence electrons. The Balaban J connectivity index is -0.0000000708. The lowest BCUT2D eigenvalue weighted by Gasteiger charge is -2.42. The fraction of sp³-hybridized carbons (Fsp3) is 0.853. The van der Waals surface area contributed by atoms with Crippen LogP contribution in [0.1, 0.15) is 416 Å². The SMILES string of the molecule is CC.CC.CC.CC.CC.CC.CC.CC(C)C1(C(C)C)C=CCC1.CC(C)C1(C(C)C)C=CCC1.CC(C)C1(C(C)C)C=CCCC1.CC(C)C1(C(C)C)C=CCCC1.CC(C)C1(C(C)C)CC=CC1.CC(C)C1(C(C)C)CC=CCC1.CC(C)C1(C(C)C)CC=CCC1.[2HH].[2HH].[2HH].[2HH].[2HH].[2HH].[2HH]. The minimum absolute atomic E-state index is 0. The second-order valence-corrected chi connectivity index (χ2v) is 32.1. The third-order valence-corrected chi connectivity index (χ3v) is 24.7. The van der Waals surface area contributed by atoms with Gasteiger partial charge in [0.1, 0.15) is 0 Å². The van der Waals surface area contributed by atoms with E-state index in [-0.39, 0.29) is 9.99 Å². The van der Waals surface area contributed by atoms with Crippen LogP contribution in [0.25, 0.3) is 0 Å². The molecule has 0 saturated carbocycles. The van der Waals surface area contributed by atoms with Gasteiger partial charge in [-0.1, -0.05) is 376 Å². The van der Waals surface area contributed by atoms with Gasteiger partial charge in [-0.2, -0.15) is 0 Å². The Kier molecular flexibility index (Phi) is 66.0. The molecule has 7 aliphatic rings. The Hall–Kier alpha value is -1.82. The van der Waals surface area contributed by atoms with Crippen molar-refractivity contribution in [2.75, 3.05) is 0 Å². The highest BCUT2D eigenvalue weighted by molar-refractivity contribution is 5.12. The lowest BCUT2D eigenvalue weighted by molar-refractivity contribution is 0.0973. The lowest BCUT2D eigenvalue weighted by Crippen LogP contribution is -2.33. The maximum absolute atomic E-state index is 2.48. The number of hydrogen-bond donors (Lipinski definition) is 0. The van der Waals surface area contributed by atoms with Crippen LogP contribution in [0, 0.1) is 121 Å². The summed E-state index contributed by atoms with van der Waals surface area (Å²) in [6.07, 6.45) is 57.4. The van der Waals surface area contributed by atoms with E-state index in [9.17, 15) is 0 Å². The minimum Gasteiger partial charge on any atom is -0.0885 e. The number of allylic oxidation sites excluding steroid dienone is 14. The Morgan fingerprint density at radius 3 is 0.453 bits per heavy atom. The molecule has 0 aliphatic heterocycles. The molecule has 0 aromatic heterocycles. The molecule has 0 heteroatoms. The first-order valence-electron chi connectivity index (χ1n) is 42.3. The zero-order valence-corrected chi connectivity index (χ0v) is 74.4. The summed E-state index contributed by atoms with van der Waals surface area (Å²) in [5, 5.41) is 0. The van der Waals surface area contributed by atoms with Crippen molar-refractivity contribution in [3.8, 4) is 0 Å². The third kappa shape index (κ3) is 33.7. The van der Waals surface area contributed by atoms with E-state index in [1.54, 1.807) is 0 Å². The van der Waals surface area contributed by atoms with Crippen molar-refractivity contribution in [3.63, 3.8) is 0 Å². The largest absolute Gasteiger partial charge is 0.0885 e. The topological polar surface area (TPSA) is 0 Å². The quantitative estimate of drug-likeness (QED) is 0.152. The second-order valence-electron chi connectivity index (χ2n) is 32.1.